The van der Waals surface area contributed by atoms with E-state index in [9.17, 15) is 4.79 Å². The number of imidazole rings is 1. The molecule has 1 N–H and O–H groups in total. The van der Waals surface area contributed by atoms with Crippen molar-refractivity contribution in [2.75, 3.05) is 20.3 Å². The standard InChI is InChI=1S/C29H33N3O3/c1-4-21(2)22-9-15-25(16-10-22)35-20-19-32-27-8-6-5-7-26(27)31-28(32)17-18-30-29(33)23-11-13-24(34-3)14-12-23/h5-16,21H,4,17-20H2,1-3H3,(H,30,33). The van der Waals surface area contributed by atoms with E-state index >= 15 is 0 Å². The van der Waals surface area contributed by atoms with Crippen molar-refractivity contribution in [3.05, 3.63) is 89.7 Å². The number of methoxy groups -OCH3 is 1. The van der Waals surface area contributed by atoms with Crippen LogP contribution in [0.15, 0.2) is 72.8 Å². The zero-order valence-electron chi connectivity index (χ0n) is 20.7. The number of nitrogens with one attached hydrogen (secondary N) is 1. The lowest BCUT2D eigenvalue weighted by atomic mass is 9.99. The quantitative estimate of drug-likeness (QED) is 0.309. The van der Waals surface area contributed by atoms with Crippen LogP contribution in [0.4, 0.5) is 0 Å². The largest absolute Gasteiger partial charge is 0.497 e. The Kier molecular flexibility index (Phi) is 8.03. The molecule has 1 aromatic heterocycles. The van der Waals surface area contributed by atoms with Gasteiger partial charge in [0, 0.05) is 18.5 Å². The van der Waals surface area contributed by atoms with Gasteiger partial charge in [0.15, 0.2) is 0 Å². The van der Waals surface area contributed by atoms with E-state index in [1.54, 1.807) is 31.4 Å². The van der Waals surface area contributed by atoms with Gasteiger partial charge in [-0.2, -0.15) is 0 Å². The zero-order valence-corrected chi connectivity index (χ0v) is 20.7. The van der Waals surface area contributed by atoms with Crippen molar-refractivity contribution < 1.29 is 14.3 Å². The number of carbonyl (C=O) groups is 1. The van der Waals surface area contributed by atoms with Crippen molar-refractivity contribution in [2.45, 2.75) is 39.2 Å². The van der Waals surface area contributed by atoms with E-state index in [1.807, 2.05) is 30.3 Å². The summed E-state index contributed by atoms with van der Waals surface area (Å²) in [5.41, 5.74) is 3.95. The van der Waals surface area contributed by atoms with Gasteiger partial charge in [0.2, 0.25) is 0 Å². The maximum Gasteiger partial charge on any atom is 0.251 e. The fourth-order valence-electron chi connectivity index (χ4n) is 4.08. The van der Waals surface area contributed by atoms with Crippen LogP contribution in [-0.4, -0.2) is 35.7 Å². The van der Waals surface area contributed by atoms with Crippen LogP contribution in [0.3, 0.4) is 0 Å². The maximum absolute atomic E-state index is 12.5. The molecule has 6 nitrogen and oxygen atoms in total. The number of amides is 1. The first kappa shape index (κ1) is 24.3. The molecular weight excluding hydrogens is 438 g/mol. The highest BCUT2D eigenvalue weighted by molar-refractivity contribution is 5.94. The molecule has 0 aliphatic heterocycles. The highest BCUT2D eigenvalue weighted by Gasteiger charge is 2.12. The summed E-state index contributed by atoms with van der Waals surface area (Å²) in [5.74, 6) is 2.96. The lowest BCUT2D eigenvalue weighted by molar-refractivity contribution is 0.0954. The molecule has 0 fully saturated rings. The third-order valence-electron chi connectivity index (χ3n) is 6.37. The van der Waals surface area contributed by atoms with E-state index in [0.717, 1.165) is 34.8 Å². The Hall–Kier alpha value is -3.80. The van der Waals surface area contributed by atoms with Crippen molar-refractivity contribution in [1.82, 2.24) is 14.9 Å². The minimum Gasteiger partial charge on any atom is -0.497 e. The Morgan fingerprint density at radius 1 is 1.00 bits per heavy atom. The average molecular weight is 472 g/mol. The van der Waals surface area contributed by atoms with Crippen molar-refractivity contribution in [1.29, 1.82) is 0 Å². The number of rotatable bonds is 11. The first-order valence-corrected chi connectivity index (χ1v) is 12.2. The number of hydrogen-bond acceptors (Lipinski definition) is 4. The summed E-state index contributed by atoms with van der Waals surface area (Å²) in [5, 5.41) is 2.99. The molecule has 0 aliphatic rings. The SMILES string of the molecule is CCC(C)c1ccc(OCCn2c(CCNC(=O)c3ccc(OC)cc3)nc3ccccc32)cc1. The van der Waals surface area contributed by atoms with Gasteiger partial charge in [-0.25, -0.2) is 4.98 Å². The molecule has 0 aliphatic carbocycles. The first-order chi connectivity index (χ1) is 17.1. The van der Waals surface area contributed by atoms with Crippen molar-refractivity contribution >= 4 is 16.9 Å². The Bertz CT molecular complexity index is 1250. The molecule has 182 valence electrons. The summed E-state index contributed by atoms with van der Waals surface area (Å²) in [4.78, 5) is 17.3. The molecule has 3 aromatic carbocycles. The molecule has 4 rings (SSSR count). The molecule has 1 atom stereocenters. The zero-order chi connectivity index (χ0) is 24.6. The summed E-state index contributed by atoms with van der Waals surface area (Å²) in [6.07, 6.45) is 1.75. The fourth-order valence-corrected chi connectivity index (χ4v) is 4.08. The fraction of sp³-hybridized carbons (Fsp3) is 0.310. The summed E-state index contributed by atoms with van der Waals surface area (Å²) in [6, 6.07) is 23.6. The molecule has 6 heteroatoms. The lowest BCUT2D eigenvalue weighted by Crippen LogP contribution is -2.26. The molecule has 0 radical (unpaired) electrons. The Labute approximate surface area is 206 Å². The van der Waals surface area contributed by atoms with E-state index in [4.69, 9.17) is 14.5 Å². The summed E-state index contributed by atoms with van der Waals surface area (Å²) < 4.78 is 13.4. The van der Waals surface area contributed by atoms with E-state index in [1.165, 1.54) is 5.56 Å². The smallest absolute Gasteiger partial charge is 0.251 e. The summed E-state index contributed by atoms with van der Waals surface area (Å²) in [7, 11) is 1.61. The molecule has 1 amide bonds. The third-order valence-corrected chi connectivity index (χ3v) is 6.37. The molecule has 0 saturated heterocycles. The van der Waals surface area contributed by atoms with Crippen molar-refractivity contribution in [2.24, 2.45) is 0 Å². The molecule has 1 heterocycles. The van der Waals surface area contributed by atoms with E-state index in [0.29, 0.717) is 37.6 Å². The lowest BCUT2D eigenvalue weighted by Gasteiger charge is -2.13. The molecule has 1 unspecified atom stereocenters. The van der Waals surface area contributed by atoms with Crippen LogP contribution < -0.4 is 14.8 Å². The monoisotopic (exact) mass is 471 g/mol. The van der Waals surface area contributed by atoms with E-state index in [2.05, 4.69) is 41.9 Å². The number of ether oxygens (including phenoxy) is 2. The van der Waals surface area contributed by atoms with Crippen molar-refractivity contribution in [3.63, 3.8) is 0 Å². The Balaban J connectivity index is 1.38. The van der Waals surface area contributed by atoms with Crippen LogP contribution in [0.2, 0.25) is 0 Å². The van der Waals surface area contributed by atoms with Gasteiger partial charge in [0.25, 0.3) is 5.91 Å². The van der Waals surface area contributed by atoms with Crippen LogP contribution in [-0.2, 0) is 13.0 Å². The van der Waals surface area contributed by atoms with Gasteiger partial charge in [-0.1, -0.05) is 38.1 Å². The minimum atomic E-state index is -0.112. The summed E-state index contributed by atoms with van der Waals surface area (Å²) >= 11 is 0. The number of para-hydroxylation sites is 2. The van der Waals surface area contributed by atoms with Gasteiger partial charge in [0.05, 0.1) is 24.7 Å². The number of benzene rings is 3. The van der Waals surface area contributed by atoms with Crippen LogP contribution in [0.25, 0.3) is 11.0 Å². The number of hydrogen-bond donors (Lipinski definition) is 1. The molecular formula is C29H33N3O3. The van der Waals surface area contributed by atoms with Gasteiger partial charge >= 0.3 is 0 Å². The Morgan fingerprint density at radius 2 is 1.71 bits per heavy atom. The second kappa shape index (κ2) is 11.6. The molecule has 0 spiro atoms. The number of carbonyl (C=O) groups excluding carboxylic acids is 1. The van der Waals surface area contributed by atoms with Gasteiger partial charge in [-0.15, -0.1) is 0 Å². The average Bonchev–Trinajstić information content (AvgIpc) is 3.26. The predicted octanol–water partition coefficient (Wildman–Crippen LogP) is 5.61. The van der Waals surface area contributed by atoms with Crippen molar-refractivity contribution in [3.8, 4) is 11.5 Å². The van der Waals surface area contributed by atoms with Gasteiger partial charge in [0.1, 0.15) is 23.9 Å². The van der Waals surface area contributed by atoms with E-state index in [-0.39, 0.29) is 5.91 Å². The highest BCUT2D eigenvalue weighted by atomic mass is 16.5. The number of aromatic nitrogens is 2. The predicted molar refractivity (Wildman–Crippen MR) is 139 cm³/mol. The molecule has 0 bridgehead atoms. The highest BCUT2D eigenvalue weighted by Crippen LogP contribution is 2.22. The van der Waals surface area contributed by atoms with Gasteiger partial charge in [-0.05, 0) is 66.4 Å². The Morgan fingerprint density at radius 3 is 2.43 bits per heavy atom. The van der Waals surface area contributed by atoms with E-state index < -0.39 is 0 Å². The third kappa shape index (κ3) is 6.01. The topological polar surface area (TPSA) is 65.4 Å². The molecule has 4 aromatic rings. The second-order valence-corrected chi connectivity index (χ2v) is 8.63. The van der Waals surface area contributed by atoms with Gasteiger partial charge < -0.3 is 19.4 Å². The number of fused-ring (bicyclic) bond motifs is 1. The van der Waals surface area contributed by atoms with Crippen LogP contribution in [0, 0.1) is 0 Å². The number of nitrogens with zero attached hydrogens (tertiary/aromatic N) is 2. The van der Waals surface area contributed by atoms with Crippen LogP contribution in [0.1, 0.15) is 47.9 Å². The molecule has 0 saturated carbocycles. The molecule has 35 heavy (non-hydrogen) atoms. The second-order valence-electron chi connectivity index (χ2n) is 8.63. The minimum absolute atomic E-state index is 0.112. The van der Waals surface area contributed by atoms with Crippen LogP contribution >= 0.6 is 0 Å². The first-order valence-electron chi connectivity index (χ1n) is 12.2. The summed E-state index contributed by atoms with van der Waals surface area (Å²) in [6.45, 7) is 6.14. The van der Waals surface area contributed by atoms with Crippen LogP contribution in [0.5, 0.6) is 11.5 Å². The van der Waals surface area contributed by atoms with Gasteiger partial charge in [-0.3, -0.25) is 4.79 Å². The normalized spacial score (nSPS) is 11.9. The maximum atomic E-state index is 12.5.